The van der Waals surface area contributed by atoms with Gasteiger partial charge < -0.3 is 0 Å². The van der Waals surface area contributed by atoms with E-state index < -0.39 is 0 Å². The molecule has 0 fully saturated rings. The minimum atomic E-state index is -0.0274. The van der Waals surface area contributed by atoms with Crippen LogP contribution in [0.2, 0.25) is 0 Å². The second-order valence-corrected chi connectivity index (χ2v) is 6.18. The van der Waals surface area contributed by atoms with E-state index in [1.54, 1.807) is 4.57 Å². The van der Waals surface area contributed by atoms with Crippen molar-refractivity contribution in [3.8, 4) is 5.69 Å². The van der Waals surface area contributed by atoms with E-state index in [0.29, 0.717) is 11.8 Å². The number of rotatable bonds is 3. The van der Waals surface area contributed by atoms with Crippen LogP contribution in [0, 0.1) is 6.92 Å². The van der Waals surface area contributed by atoms with Gasteiger partial charge in [0, 0.05) is 6.42 Å². The van der Waals surface area contributed by atoms with Crippen molar-refractivity contribution in [3.63, 3.8) is 0 Å². The van der Waals surface area contributed by atoms with Crippen LogP contribution < -0.4 is 5.56 Å². The lowest BCUT2D eigenvalue weighted by atomic mass is 10.1. The summed E-state index contributed by atoms with van der Waals surface area (Å²) in [6.45, 7) is 2.04. The van der Waals surface area contributed by atoms with Gasteiger partial charge in [0.2, 0.25) is 0 Å². The number of aromatic nitrogens is 2. The molecular formula is C22H18N2O. The molecule has 0 unspecified atom stereocenters. The number of benzene rings is 3. The average molecular weight is 326 g/mol. The highest BCUT2D eigenvalue weighted by molar-refractivity contribution is 5.77. The minimum Gasteiger partial charge on any atom is -0.268 e. The summed E-state index contributed by atoms with van der Waals surface area (Å²) in [5, 5.41) is 0.639. The molecule has 0 spiro atoms. The van der Waals surface area contributed by atoms with Gasteiger partial charge in [0.1, 0.15) is 5.82 Å². The number of fused-ring (bicyclic) bond motifs is 1. The lowest BCUT2D eigenvalue weighted by Crippen LogP contribution is -2.24. The fraction of sp³-hybridized carbons (Fsp3) is 0.0909. The Kier molecular flexibility index (Phi) is 3.90. The highest BCUT2D eigenvalue weighted by Crippen LogP contribution is 2.16. The SMILES string of the molecule is Cc1ccc(-n2c(Cc3ccccc3)nc3ccccc3c2=O)cc1. The van der Waals surface area contributed by atoms with E-state index in [1.165, 1.54) is 0 Å². The van der Waals surface area contributed by atoms with Crippen molar-refractivity contribution in [2.75, 3.05) is 0 Å². The van der Waals surface area contributed by atoms with Gasteiger partial charge in [-0.2, -0.15) is 0 Å². The number of nitrogens with zero attached hydrogens (tertiary/aromatic N) is 2. The summed E-state index contributed by atoms with van der Waals surface area (Å²) in [5.41, 5.74) is 3.85. The summed E-state index contributed by atoms with van der Waals surface area (Å²) < 4.78 is 1.73. The second kappa shape index (κ2) is 6.36. The standard InChI is InChI=1S/C22H18N2O/c1-16-11-13-18(14-12-16)24-21(15-17-7-3-2-4-8-17)23-20-10-6-5-9-19(20)22(24)25/h2-14H,15H2,1H3. The minimum absolute atomic E-state index is 0.0274. The Morgan fingerprint density at radius 1 is 0.840 bits per heavy atom. The molecule has 0 atom stereocenters. The molecular weight excluding hydrogens is 308 g/mol. The van der Waals surface area contributed by atoms with Gasteiger partial charge >= 0.3 is 0 Å². The van der Waals surface area contributed by atoms with Crippen molar-refractivity contribution >= 4 is 10.9 Å². The molecule has 25 heavy (non-hydrogen) atoms. The normalized spacial score (nSPS) is 10.9. The van der Waals surface area contributed by atoms with Gasteiger partial charge in [-0.25, -0.2) is 4.98 Å². The highest BCUT2D eigenvalue weighted by atomic mass is 16.1. The summed E-state index contributed by atoms with van der Waals surface area (Å²) in [6, 6.07) is 25.6. The van der Waals surface area contributed by atoms with Crippen LogP contribution in [-0.4, -0.2) is 9.55 Å². The average Bonchev–Trinajstić information content (AvgIpc) is 2.64. The first-order chi connectivity index (χ1) is 12.2. The van der Waals surface area contributed by atoms with Crippen molar-refractivity contribution in [1.29, 1.82) is 0 Å². The molecule has 0 radical (unpaired) electrons. The maximum atomic E-state index is 13.1. The van der Waals surface area contributed by atoms with E-state index in [4.69, 9.17) is 4.98 Å². The molecule has 0 amide bonds. The lowest BCUT2D eigenvalue weighted by molar-refractivity contribution is 0.850. The molecule has 1 aromatic heterocycles. The molecule has 4 rings (SSSR count). The van der Waals surface area contributed by atoms with Crippen LogP contribution in [0.1, 0.15) is 17.0 Å². The van der Waals surface area contributed by atoms with Crippen molar-refractivity contribution in [2.45, 2.75) is 13.3 Å². The lowest BCUT2D eigenvalue weighted by Gasteiger charge is -2.14. The third-order valence-corrected chi connectivity index (χ3v) is 4.34. The van der Waals surface area contributed by atoms with Crippen LogP contribution in [0.15, 0.2) is 83.7 Å². The maximum Gasteiger partial charge on any atom is 0.265 e. The van der Waals surface area contributed by atoms with E-state index in [2.05, 4.69) is 12.1 Å². The van der Waals surface area contributed by atoms with Crippen LogP contribution in [0.5, 0.6) is 0 Å². The number of hydrogen-bond donors (Lipinski definition) is 0. The highest BCUT2D eigenvalue weighted by Gasteiger charge is 2.13. The quantitative estimate of drug-likeness (QED) is 0.563. The first kappa shape index (κ1) is 15.3. The Balaban J connectivity index is 1.97. The topological polar surface area (TPSA) is 34.9 Å². The van der Waals surface area contributed by atoms with E-state index in [9.17, 15) is 4.79 Å². The smallest absolute Gasteiger partial charge is 0.265 e. The molecule has 122 valence electrons. The fourth-order valence-electron chi connectivity index (χ4n) is 3.04. The molecule has 0 aliphatic heterocycles. The van der Waals surface area contributed by atoms with Crippen LogP contribution in [0.4, 0.5) is 0 Å². The maximum absolute atomic E-state index is 13.1. The Morgan fingerprint density at radius 3 is 2.28 bits per heavy atom. The van der Waals surface area contributed by atoms with Gasteiger partial charge in [0.05, 0.1) is 16.6 Å². The number of para-hydroxylation sites is 1. The van der Waals surface area contributed by atoms with Gasteiger partial charge in [0.15, 0.2) is 0 Å². The molecule has 3 heteroatoms. The molecule has 0 aliphatic carbocycles. The van der Waals surface area contributed by atoms with Crippen LogP contribution in [0.25, 0.3) is 16.6 Å². The van der Waals surface area contributed by atoms with E-state index in [-0.39, 0.29) is 5.56 Å². The summed E-state index contributed by atoms with van der Waals surface area (Å²) in [4.78, 5) is 17.9. The molecule has 3 nitrogen and oxygen atoms in total. The summed E-state index contributed by atoms with van der Waals surface area (Å²) in [7, 11) is 0. The van der Waals surface area contributed by atoms with Crippen molar-refractivity contribution < 1.29 is 0 Å². The van der Waals surface area contributed by atoms with E-state index in [1.807, 2.05) is 73.7 Å². The van der Waals surface area contributed by atoms with Gasteiger partial charge in [-0.1, -0.05) is 60.2 Å². The van der Waals surface area contributed by atoms with Gasteiger partial charge in [-0.15, -0.1) is 0 Å². The largest absolute Gasteiger partial charge is 0.268 e. The van der Waals surface area contributed by atoms with E-state index >= 15 is 0 Å². The summed E-state index contributed by atoms with van der Waals surface area (Å²) in [5.74, 6) is 0.749. The molecule has 0 aliphatic rings. The molecule has 0 bridgehead atoms. The summed E-state index contributed by atoms with van der Waals surface area (Å²) in [6.07, 6.45) is 0.606. The third-order valence-electron chi connectivity index (χ3n) is 4.34. The molecule has 4 aromatic rings. The van der Waals surface area contributed by atoms with Gasteiger partial charge in [-0.05, 0) is 36.8 Å². The third kappa shape index (κ3) is 2.96. The van der Waals surface area contributed by atoms with Crippen LogP contribution in [0.3, 0.4) is 0 Å². The zero-order chi connectivity index (χ0) is 17.2. The van der Waals surface area contributed by atoms with Gasteiger partial charge in [0.25, 0.3) is 5.56 Å². The Morgan fingerprint density at radius 2 is 1.52 bits per heavy atom. The predicted molar refractivity (Wildman–Crippen MR) is 101 cm³/mol. The summed E-state index contributed by atoms with van der Waals surface area (Å²) >= 11 is 0. The number of aryl methyl sites for hydroxylation is 1. The van der Waals surface area contributed by atoms with Crippen molar-refractivity contribution in [3.05, 3.63) is 106 Å². The van der Waals surface area contributed by atoms with Crippen LogP contribution >= 0.6 is 0 Å². The Bertz CT molecular complexity index is 1080. The van der Waals surface area contributed by atoms with Gasteiger partial charge in [-0.3, -0.25) is 9.36 Å². The Labute approximate surface area is 146 Å². The zero-order valence-corrected chi connectivity index (χ0v) is 14.0. The Hall–Kier alpha value is -3.20. The molecule has 1 heterocycles. The second-order valence-electron chi connectivity index (χ2n) is 6.18. The molecule has 0 N–H and O–H groups in total. The molecule has 0 saturated heterocycles. The predicted octanol–water partition coefficient (Wildman–Crippen LogP) is 4.28. The zero-order valence-electron chi connectivity index (χ0n) is 14.0. The van der Waals surface area contributed by atoms with Crippen molar-refractivity contribution in [1.82, 2.24) is 9.55 Å². The fourth-order valence-corrected chi connectivity index (χ4v) is 3.04. The monoisotopic (exact) mass is 326 g/mol. The van der Waals surface area contributed by atoms with E-state index in [0.717, 1.165) is 28.2 Å². The first-order valence-electron chi connectivity index (χ1n) is 8.34. The number of hydrogen-bond acceptors (Lipinski definition) is 2. The molecule has 0 saturated carbocycles. The van der Waals surface area contributed by atoms with Crippen LogP contribution in [-0.2, 0) is 6.42 Å². The molecule has 3 aromatic carbocycles. The first-order valence-corrected chi connectivity index (χ1v) is 8.34. The van der Waals surface area contributed by atoms with Crippen molar-refractivity contribution in [2.24, 2.45) is 0 Å².